The van der Waals surface area contributed by atoms with Crippen molar-refractivity contribution in [3.8, 4) is 0 Å². The Balaban J connectivity index is 1.82. The van der Waals surface area contributed by atoms with Gasteiger partial charge in [0.2, 0.25) is 0 Å². The summed E-state index contributed by atoms with van der Waals surface area (Å²) >= 11 is 0. The number of hydrogen-bond donors (Lipinski definition) is 0. The van der Waals surface area contributed by atoms with Crippen LogP contribution >= 0.6 is 0 Å². The van der Waals surface area contributed by atoms with Gasteiger partial charge in [-0.25, -0.2) is 4.39 Å². The molecule has 4 rings (SSSR count). The Labute approximate surface area is 189 Å². The third-order valence-corrected chi connectivity index (χ3v) is 5.92. The summed E-state index contributed by atoms with van der Waals surface area (Å²) in [6.07, 6.45) is 10.8. The van der Waals surface area contributed by atoms with Gasteiger partial charge in [0.15, 0.2) is 5.78 Å². The molecular weight excluding hydrogens is 395 g/mol. The molecule has 3 aromatic carbocycles. The van der Waals surface area contributed by atoms with Gasteiger partial charge < -0.3 is 0 Å². The van der Waals surface area contributed by atoms with Crippen molar-refractivity contribution in [3.63, 3.8) is 0 Å². The number of benzene rings is 3. The first-order chi connectivity index (χ1) is 15.7. The SMILES string of the molecule is O=C(c1ccccc1)C(C/C=C/c1ccccc1)(CC1=C(F)[CH]CC=C1)c1ccccc1. The summed E-state index contributed by atoms with van der Waals surface area (Å²) in [6, 6.07) is 29.1. The van der Waals surface area contributed by atoms with Crippen LogP contribution < -0.4 is 0 Å². The maximum Gasteiger partial charge on any atom is 0.174 e. The second kappa shape index (κ2) is 10.2. The number of allylic oxidation sites excluding steroid dienone is 5. The van der Waals surface area contributed by atoms with Gasteiger partial charge in [0, 0.05) is 12.0 Å². The van der Waals surface area contributed by atoms with E-state index in [9.17, 15) is 9.18 Å². The first-order valence-electron chi connectivity index (χ1n) is 10.9. The van der Waals surface area contributed by atoms with E-state index in [1.807, 2.05) is 115 Å². The van der Waals surface area contributed by atoms with Crippen LogP contribution in [0.2, 0.25) is 0 Å². The number of ketones is 1. The first-order valence-corrected chi connectivity index (χ1v) is 10.9. The van der Waals surface area contributed by atoms with Gasteiger partial charge in [-0.3, -0.25) is 4.79 Å². The molecule has 0 amide bonds. The molecule has 32 heavy (non-hydrogen) atoms. The molecule has 0 saturated carbocycles. The lowest BCUT2D eigenvalue weighted by Crippen LogP contribution is -2.36. The van der Waals surface area contributed by atoms with Crippen molar-refractivity contribution in [1.82, 2.24) is 0 Å². The van der Waals surface area contributed by atoms with Crippen LogP contribution in [0.1, 0.15) is 40.7 Å². The van der Waals surface area contributed by atoms with Gasteiger partial charge in [-0.15, -0.1) is 0 Å². The smallest absolute Gasteiger partial charge is 0.174 e. The van der Waals surface area contributed by atoms with Gasteiger partial charge in [-0.1, -0.05) is 115 Å². The predicted octanol–water partition coefficient (Wildman–Crippen LogP) is 7.69. The molecule has 1 unspecified atom stereocenters. The minimum absolute atomic E-state index is 0.00119. The Morgan fingerprint density at radius 2 is 1.50 bits per heavy atom. The van der Waals surface area contributed by atoms with E-state index in [-0.39, 0.29) is 11.6 Å². The summed E-state index contributed by atoms with van der Waals surface area (Å²) in [5.74, 6) is -0.234. The highest BCUT2D eigenvalue weighted by atomic mass is 19.1. The fraction of sp³-hybridized carbons (Fsp3) is 0.133. The van der Waals surface area contributed by atoms with Crippen LogP contribution in [0.15, 0.2) is 121 Å². The second-order valence-corrected chi connectivity index (χ2v) is 8.05. The van der Waals surface area contributed by atoms with E-state index in [1.165, 1.54) is 0 Å². The van der Waals surface area contributed by atoms with E-state index >= 15 is 0 Å². The number of hydrogen-bond acceptors (Lipinski definition) is 1. The van der Waals surface area contributed by atoms with Crippen LogP contribution in [0.3, 0.4) is 0 Å². The number of carbonyl (C=O) groups is 1. The first kappa shape index (κ1) is 21.7. The van der Waals surface area contributed by atoms with E-state index < -0.39 is 5.41 Å². The molecule has 2 heteroatoms. The molecule has 0 fully saturated rings. The topological polar surface area (TPSA) is 17.1 Å². The molecule has 159 valence electrons. The summed E-state index contributed by atoms with van der Waals surface area (Å²) in [4.78, 5) is 14.1. The van der Waals surface area contributed by atoms with E-state index in [4.69, 9.17) is 0 Å². The van der Waals surface area contributed by atoms with E-state index in [0.717, 1.165) is 11.1 Å². The lowest BCUT2D eigenvalue weighted by Gasteiger charge is -2.33. The lowest BCUT2D eigenvalue weighted by molar-refractivity contribution is 0.0882. The van der Waals surface area contributed by atoms with Gasteiger partial charge in [-0.05, 0) is 36.0 Å². The Kier molecular flexibility index (Phi) is 6.91. The van der Waals surface area contributed by atoms with Crippen molar-refractivity contribution in [2.45, 2.75) is 24.7 Å². The molecule has 0 N–H and O–H groups in total. The standard InChI is InChI=1S/C30H26FO/c31-28-21-11-10-18-26(28)23-30(27-19-8-3-9-20-27,29(32)25-16-6-2-7-17-25)22-12-15-24-13-4-1-5-14-24/h1-10,12-21H,11,22-23H2/b15-12+. The van der Waals surface area contributed by atoms with Crippen molar-refractivity contribution in [2.75, 3.05) is 0 Å². The zero-order chi connectivity index (χ0) is 22.2. The van der Waals surface area contributed by atoms with Crippen molar-refractivity contribution in [3.05, 3.63) is 144 Å². The van der Waals surface area contributed by atoms with Crippen molar-refractivity contribution in [1.29, 1.82) is 0 Å². The van der Waals surface area contributed by atoms with E-state index in [2.05, 4.69) is 0 Å². The van der Waals surface area contributed by atoms with Crippen LogP contribution in [0.25, 0.3) is 6.08 Å². The zero-order valence-electron chi connectivity index (χ0n) is 18.0. The average molecular weight is 422 g/mol. The summed E-state index contributed by atoms with van der Waals surface area (Å²) in [7, 11) is 0. The highest BCUT2D eigenvalue weighted by molar-refractivity contribution is 6.04. The largest absolute Gasteiger partial charge is 0.293 e. The predicted molar refractivity (Wildman–Crippen MR) is 130 cm³/mol. The minimum Gasteiger partial charge on any atom is -0.293 e. The van der Waals surface area contributed by atoms with Gasteiger partial charge >= 0.3 is 0 Å². The molecule has 0 aliphatic heterocycles. The fourth-order valence-electron chi connectivity index (χ4n) is 4.24. The van der Waals surface area contributed by atoms with Crippen molar-refractivity contribution >= 4 is 11.9 Å². The number of rotatable bonds is 8. The molecule has 3 aromatic rings. The van der Waals surface area contributed by atoms with Gasteiger partial charge in [0.1, 0.15) is 5.83 Å². The van der Waals surface area contributed by atoms with Crippen LogP contribution in [0, 0.1) is 6.42 Å². The third-order valence-electron chi connectivity index (χ3n) is 5.92. The van der Waals surface area contributed by atoms with E-state index in [0.29, 0.717) is 30.4 Å². The van der Waals surface area contributed by atoms with Crippen LogP contribution in [-0.4, -0.2) is 5.78 Å². The minimum atomic E-state index is -0.921. The molecule has 1 aliphatic carbocycles. The summed E-state index contributed by atoms with van der Waals surface area (Å²) in [6.45, 7) is 0. The molecule has 1 nitrogen and oxygen atoms in total. The van der Waals surface area contributed by atoms with Crippen molar-refractivity contribution < 1.29 is 9.18 Å². The van der Waals surface area contributed by atoms with Crippen LogP contribution in [0.5, 0.6) is 0 Å². The van der Waals surface area contributed by atoms with Crippen LogP contribution in [-0.2, 0) is 5.41 Å². The van der Waals surface area contributed by atoms with Crippen LogP contribution in [0.4, 0.5) is 4.39 Å². The fourth-order valence-corrected chi connectivity index (χ4v) is 4.24. The summed E-state index contributed by atoms with van der Waals surface area (Å²) in [5, 5.41) is 0. The Morgan fingerprint density at radius 3 is 2.16 bits per heavy atom. The molecule has 1 radical (unpaired) electrons. The number of Topliss-reactive ketones (excluding diaryl/α,β-unsaturated/α-hetero) is 1. The second-order valence-electron chi connectivity index (χ2n) is 8.05. The molecule has 1 atom stereocenters. The van der Waals surface area contributed by atoms with Crippen molar-refractivity contribution in [2.24, 2.45) is 0 Å². The molecule has 0 heterocycles. The summed E-state index contributed by atoms with van der Waals surface area (Å²) < 4.78 is 14.8. The molecular formula is C30H26FO. The molecule has 0 spiro atoms. The normalized spacial score (nSPS) is 15.7. The summed E-state index contributed by atoms with van der Waals surface area (Å²) in [5.41, 5.74) is 2.24. The zero-order valence-corrected chi connectivity index (χ0v) is 18.0. The lowest BCUT2D eigenvalue weighted by atomic mass is 9.67. The maximum atomic E-state index is 14.8. The molecule has 0 aromatic heterocycles. The Hall–Kier alpha value is -3.52. The third kappa shape index (κ3) is 4.86. The maximum absolute atomic E-state index is 14.8. The average Bonchev–Trinajstić information content (AvgIpc) is 2.86. The van der Waals surface area contributed by atoms with Gasteiger partial charge in [0.25, 0.3) is 0 Å². The highest BCUT2D eigenvalue weighted by Crippen LogP contribution is 2.41. The monoisotopic (exact) mass is 421 g/mol. The van der Waals surface area contributed by atoms with Gasteiger partial charge in [0.05, 0.1) is 5.41 Å². The Morgan fingerprint density at radius 1 is 0.875 bits per heavy atom. The molecule has 0 saturated heterocycles. The quantitative estimate of drug-likeness (QED) is 0.341. The van der Waals surface area contributed by atoms with Gasteiger partial charge in [-0.2, -0.15) is 0 Å². The molecule has 0 bridgehead atoms. The molecule has 1 aliphatic rings. The number of halogens is 1. The van der Waals surface area contributed by atoms with E-state index in [1.54, 1.807) is 6.42 Å². The number of carbonyl (C=O) groups excluding carboxylic acids is 1. The Bertz CT molecular complexity index is 1130. The highest BCUT2D eigenvalue weighted by Gasteiger charge is 2.40.